The predicted molar refractivity (Wildman–Crippen MR) is 85.3 cm³/mol. The Hall–Kier alpha value is -2.26. The van der Waals surface area contributed by atoms with Crippen molar-refractivity contribution in [3.05, 3.63) is 59.4 Å². The highest BCUT2D eigenvalue weighted by molar-refractivity contribution is 6.33. The minimum atomic E-state index is -0.404. The van der Waals surface area contributed by atoms with Gasteiger partial charge in [-0.05, 0) is 46.7 Å². The third-order valence-electron chi connectivity index (χ3n) is 3.45. The minimum absolute atomic E-state index is 0.222. The molecule has 0 bridgehead atoms. The number of halogens is 2. The number of benzene rings is 3. The molecule has 3 aromatic carbocycles. The summed E-state index contributed by atoms with van der Waals surface area (Å²) in [7, 11) is 1.63. The van der Waals surface area contributed by atoms with Crippen LogP contribution < -0.4 is 10.5 Å². The molecular weight excluding hydrogens is 289 g/mol. The molecule has 0 aliphatic carbocycles. The summed E-state index contributed by atoms with van der Waals surface area (Å²) >= 11 is 5.95. The highest BCUT2D eigenvalue weighted by Crippen LogP contribution is 2.34. The number of hydrogen-bond acceptors (Lipinski definition) is 2. The van der Waals surface area contributed by atoms with Crippen LogP contribution in [-0.4, -0.2) is 7.11 Å². The number of fused-ring (bicyclic) bond motifs is 1. The van der Waals surface area contributed by atoms with Gasteiger partial charge in [-0.15, -0.1) is 0 Å². The first-order chi connectivity index (χ1) is 10.1. The maximum absolute atomic E-state index is 13.5. The van der Waals surface area contributed by atoms with Gasteiger partial charge in [0, 0.05) is 5.56 Å². The molecule has 0 saturated heterocycles. The second kappa shape index (κ2) is 5.26. The maximum Gasteiger partial charge on any atom is 0.125 e. The van der Waals surface area contributed by atoms with Gasteiger partial charge in [0.2, 0.25) is 0 Å². The van der Waals surface area contributed by atoms with Gasteiger partial charge in [-0.1, -0.05) is 29.8 Å². The van der Waals surface area contributed by atoms with E-state index < -0.39 is 5.82 Å². The Bertz CT molecular complexity index is 832. The van der Waals surface area contributed by atoms with Crippen molar-refractivity contribution in [2.75, 3.05) is 12.8 Å². The number of hydrogen-bond donors (Lipinski definition) is 1. The van der Waals surface area contributed by atoms with Gasteiger partial charge in [0.05, 0.1) is 17.8 Å². The molecule has 0 atom stereocenters. The topological polar surface area (TPSA) is 35.2 Å². The van der Waals surface area contributed by atoms with Gasteiger partial charge in [0.1, 0.15) is 11.6 Å². The predicted octanol–water partition coefficient (Wildman–Crippen LogP) is 4.89. The molecule has 0 amide bonds. The quantitative estimate of drug-likeness (QED) is 0.684. The first-order valence-electron chi connectivity index (χ1n) is 6.41. The zero-order valence-electron chi connectivity index (χ0n) is 11.4. The molecule has 0 saturated carbocycles. The van der Waals surface area contributed by atoms with Gasteiger partial charge in [-0.3, -0.25) is 0 Å². The van der Waals surface area contributed by atoms with Crippen LogP contribution in [0.5, 0.6) is 5.75 Å². The zero-order chi connectivity index (χ0) is 15.0. The minimum Gasteiger partial charge on any atom is -0.497 e. The number of nitrogen functional groups attached to an aromatic ring is 1. The summed E-state index contributed by atoms with van der Waals surface area (Å²) in [5, 5.41) is 2.28. The van der Waals surface area contributed by atoms with E-state index in [4.69, 9.17) is 22.1 Å². The van der Waals surface area contributed by atoms with Crippen molar-refractivity contribution in [1.29, 1.82) is 0 Å². The molecule has 0 spiro atoms. The molecule has 3 aromatic rings. The van der Waals surface area contributed by atoms with Crippen molar-refractivity contribution in [3.63, 3.8) is 0 Å². The molecule has 106 valence electrons. The lowest BCUT2D eigenvalue weighted by molar-refractivity contribution is 0.415. The fourth-order valence-electron chi connectivity index (χ4n) is 2.34. The molecule has 2 N–H and O–H groups in total. The molecule has 3 rings (SSSR count). The Morgan fingerprint density at radius 2 is 1.71 bits per heavy atom. The van der Waals surface area contributed by atoms with Gasteiger partial charge < -0.3 is 10.5 Å². The normalized spacial score (nSPS) is 10.8. The lowest BCUT2D eigenvalue weighted by Gasteiger charge is -2.10. The second-order valence-electron chi connectivity index (χ2n) is 4.78. The van der Waals surface area contributed by atoms with Crippen LogP contribution in [0.15, 0.2) is 48.5 Å². The van der Waals surface area contributed by atoms with Crippen LogP contribution in [0.2, 0.25) is 5.02 Å². The third kappa shape index (κ3) is 2.52. The van der Waals surface area contributed by atoms with Crippen LogP contribution in [0.3, 0.4) is 0 Å². The number of ether oxygens (including phenoxy) is 1. The molecular formula is C17H13ClFNO. The monoisotopic (exact) mass is 301 g/mol. The molecule has 0 heterocycles. The van der Waals surface area contributed by atoms with Crippen LogP contribution in [0.1, 0.15) is 0 Å². The summed E-state index contributed by atoms with van der Waals surface area (Å²) in [4.78, 5) is 0. The van der Waals surface area contributed by atoms with E-state index in [1.807, 2.05) is 36.4 Å². The Morgan fingerprint density at radius 1 is 1.00 bits per heavy atom. The van der Waals surface area contributed by atoms with E-state index in [1.54, 1.807) is 7.11 Å². The van der Waals surface area contributed by atoms with Crippen LogP contribution >= 0.6 is 11.6 Å². The molecule has 21 heavy (non-hydrogen) atoms. The van der Waals surface area contributed by atoms with E-state index in [0.717, 1.165) is 22.1 Å². The second-order valence-corrected chi connectivity index (χ2v) is 5.18. The first-order valence-corrected chi connectivity index (χ1v) is 6.79. The van der Waals surface area contributed by atoms with E-state index in [0.29, 0.717) is 11.3 Å². The smallest absolute Gasteiger partial charge is 0.125 e. The van der Waals surface area contributed by atoms with E-state index in [9.17, 15) is 4.39 Å². The average Bonchev–Trinajstić information content (AvgIpc) is 2.49. The maximum atomic E-state index is 13.5. The zero-order valence-corrected chi connectivity index (χ0v) is 12.1. The van der Waals surface area contributed by atoms with E-state index >= 15 is 0 Å². The van der Waals surface area contributed by atoms with Crippen molar-refractivity contribution >= 4 is 28.1 Å². The molecule has 0 unspecified atom stereocenters. The van der Waals surface area contributed by atoms with E-state index in [2.05, 4.69) is 0 Å². The summed E-state index contributed by atoms with van der Waals surface area (Å²) < 4.78 is 18.8. The van der Waals surface area contributed by atoms with Crippen LogP contribution in [0.4, 0.5) is 10.1 Å². The highest BCUT2D eigenvalue weighted by Gasteiger charge is 2.09. The summed E-state index contributed by atoms with van der Waals surface area (Å²) in [5.74, 6) is 0.391. The summed E-state index contributed by atoms with van der Waals surface area (Å²) in [6, 6.07) is 14.2. The van der Waals surface area contributed by atoms with Gasteiger partial charge in [0.25, 0.3) is 0 Å². The lowest BCUT2D eigenvalue weighted by atomic mass is 9.99. The van der Waals surface area contributed by atoms with E-state index in [1.165, 1.54) is 12.1 Å². The number of anilines is 1. The lowest BCUT2D eigenvalue weighted by Crippen LogP contribution is -1.93. The fraction of sp³-hybridized carbons (Fsp3) is 0.0588. The fourth-order valence-corrected chi connectivity index (χ4v) is 2.55. The average molecular weight is 302 g/mol. The molecule has 2 nitrogen and oxygen atoms in total. The summed E-state index contributed by atoms with van der Waals surface area (Å²) in [6.07, 6.45) is 0. The van der Waals surface area contributed by atoms with Gasteiger partial charge in [0.15, 0.2) is 0 Å². The Balaban J connectivity index is 2.18. The Kier molecular flexibility index (Phi) is 3.43. The van der Waals surface area contributed by atoms with Crippen LogP contribution in [-0.2, 0) is 0 Å². The Labute approximate surface area is 126 Å². The number of nitrogens with two attached hydrogens (primary N) is 1. The van der Waals surface area contributed by atoms with Crippen molar-refractivity contribution in [3.8, 4) is 16.9 Å². The third-order valence-corrected chi connectivity index (χ3v) is 3.77. The first kappa shape index (κ1) is 13.7. The van der Waals surface area contributed by atoms with Gasteiger partial charge >= 0.3 is 0 Å². The standard InChI is InChI=1S/C17H13ClFNO/c1-21-14-5-4-10-6-12(3-2-11(10)7-14)15-8-13(19)9-16(18)17(15)20/h2-9H,20H2,1H3. The molecule has 0 fully saturated rings. The van der Waals surface area contributed by atoms with Gasteiger partial charge in [-0.25, -0.2) is 4.39 Å². The molecule has 0 aromatic heterocycles. The summed E-state index contributed by atoms with van der Waals surface area (Å²) in [6.45, 7) is 0. The molecule has 0 aliphatic rings. The number of rotatable bonds is 2. The van der Waals surface area contributed by atoms with Crippen molar-refractivity contribution in [2.45, 2.75) is 0 Å². The molecule has 0 aliphatic heterocycles. The summed E-state index contributed by atoms with van der Waals surface area (Å²) in [5.41, 5.74) is 7.76. The Morgan fingerprint density at radius 3 is 2.48 bits per heavy atom. The SMILES string of the molecule is COc1ccc2cc(-c3cc(F)cc(Cl)c3N)ccc2c1. The van der Waals surface area contributed by atoms with Crippen molar-refractivity contribution < 1.29 is 9.13 Å². The van der Waals surface area contributed by atoms with Crippen LogP contribution in [0.25, 0.3) is 21.9 Å². The molecule has 4 heteroatoms. The van der Waals surface area contributed by atoms with Crippen LogP contribution in [0, 0.1) is 5.82 Å². The van der Waals surface area contributed by atoms with Crippen molar-refractivity contribution in [2.24, 2.45) is 0 Å². The largest absolute Gasteiger partial charge is 0.497 e. The molecule has 0 radical (unpaired) electrons. The number of methoxy groups -OCH3 is 1. The highest BCUT2D eigenvalue weighted by atomic mass is 35.5. The van der Waals surface area contributed by atoms with Crippen molar-refractivity contribution in [1.82, 2.24) is 0 Å². The van der Waals surface area contributed by atoms with E-state index in [-0.39, 0.29) is 5.02 Å². The van der Waals surface area contributed by atoms with Gasteiger partial charge in [-0.2, -0.15) is 0 Å².